The first-order valence-corrected chi connectivity index (χ1v) is 10.2. The van der Waals surface area contributed by atoms with Crippen molar-refractivity contribution in [3.05, 3.63) is 89.5 Å². The molecular weight excluding hydrogens is 374 g/mol. The van der Waals surface area contributed by atoms with E-state index in [1.165, 1.54) is 11.3 Å². The van der Waals surface area contributed by atoms with E-state index in [2.05, 4.69) is 33.7 Å². The van der Waals surface area contributed by atoms with E-state index in [1.807, 2.05) is 55.5 Å². The number of hydrogen-bond donors (Lipinski definition) is 2. The Morgan fingerprint density at radius 3 is 2.43 bits per heavy atom. The molecular formula is C25H25N3O2. The van der Waals surface area contributed by atoms with Crippen LogP contribution in [0.1, 0.15) is 27.9 Å². The number of carbonyl (C=O) groups excluding carboxylic acids is 2. The van der Waals surface area contributed by atoms with Crippen molar-refractivity contribution in [2.75, 3.05) is 23.3 Å². The average molecular weight is 399 g/mol. The molecule has 4 rings (SSSR count). The molecule has 0 aliphatic carbocycles. The van der Waals surface area contributed by atoms with Crippen LogP contribution < -0.4 is 15.5 Å². The van der Waals surface area contributed by atoms with Gasteiger partial charge in [-0.05, 0) is 48.7 Å². The van der Waals surface area contributed by atoms with Gasteiger partial charge in [-0.15, -0.1) is 0 Å². The van der Waals surface area contributed by atoms with Gasteiger partial charge in [0.15, 0.2) is 0 Å². The second-order valence-electron chi connectivity index (χ2n) is 7.42. The summed E-state index contributed by atoms with van der Waals surface area (Å²) >= 11 is 0. The number of carbonyl (C=O) groups is 2. The Balaban J connectivity index is 1.38. The van der Waals surface area contributed by atoms with Gasteiger partial charge in [-0.3, -0.25) is 9.59 Å². The zero-order valence-electron chi connectivity index (χ0n) is 17.0. The van der Waals surface area contributed by atoms with Crippen molar-refractivity contribution in [3.8, 4) is 0 Å². The highest BCUT2D eigenvalue weighted by molar-refractivity contribution is 5.97. The fourth-order valence-corrected chi connectivity index (χ4v) is 3.83. The summed E-state index contributed by atoms with van der Waals surface area (Å²) in [7, 11) is 0. The van der Waals surface area contributed by atoms with Crippen LogP contribution in [-0.2, 0) is 11.2 Å². The number of hydrogen-bond acceptors (Lipinski definition) is 3. The highest BCUT2D eigenvalue weighted by atomic mass is 16.2. The normalized spacial score (nSPS) is 12.4. The van der Waals surface area contributed by atoms with Gasteiger partial charge >= 0.3 is 0 Å². The minimum absolute atomic E-state index is 0.125. The molecule has 0 unspecified atom stereocenters. The van der Waals surface area contributed by atoms with Gasteiger partial charge in [0.05, 0.1) is 11.4 Å². The van der Waals surface area contributed by atoms with Crippen LogP contribution in [0.25, 0.3) is 0 Å². The maximum atomic E-state index is 12.5. The molecule has 5 nitrogen and oxygen atoms in total. The molecule has 30 heavy (non-hydrogen) atoms. The Hall–Kier alpha value is -3.60. The Morgan fingerprint density at radius 2 is 1.60 bits per heavy atom. The first kappa shape index (κ1) is 19.7. The number of aryl methyl sites for hydroxylation is 1. The van der Waals surface area contributed by atoms with Crippen LogP contribution in [0.15, 0.2) is 72.8 Å². The highest BCUT2D eigenvalue weighted by Gasteiger charge is 2.22. The second-order valence-corrected chi connectivity index (χ2v) is 7.42. The van der Waals surface area contributed by atoms with Crippen LogP contribution in [0.4, 0.5) is 17.1 Å². The third kappa shape index (κ3) is 4.20. The Kier molecular flexibility index (Phi) is 5.80. The van der Waals surface area contributed by atoms with E-state index in [0.29, 0.717) is 5.56 Å². The van der Waals surface area contributed by atoms with E-state index in [1.54, 1.807) is 6.07 Å². The molecule has 0 saturated carbocycles. The molecule has 3 aromatic rings. The van der Waals surface area contributed by atoms with E-state index in [0.717, 1.165) is 29.9 Å². The van der Waals surface area contributed by atoms with E-state index in [-0.39, 0.29) is 24.8 Å². The molecule has 0 atom stereocenters. The van der Waals surface area contributed by atoms with Gasteiger partial charge in [0.2, 0.25) is 5.91 Å². The zero-order valence-corrected chi connectivity index (χ0v) is 17.0. The number of para-hydroxylation sites is 3. The zero-order chi connectivity index (χ0) is 20.9. The number of anilines is 3. The maximum Gasteiger partial charge on any atom is 0.251 e. The Morgan fingerprint density at radius 1 is 0.900 bits per heavy atom. The molecule has 0 radical (unpaired) electrons. The summed E-state index contributed by atoms with van der Waals surface area (Å²) in [5.41, 5.74) is 5.82. The predicted octanol–water partition coefficient (Wildman–Crippen LogP) is 4.45. The Bertz CT molecular complexity index is 1080. The lowest BCUT2D eigenvalue weighted by Gasteiger charge is -2.23. The molecule has 0 aromatic heterocycles. The SMILES string of the molecule is Cc1ccccc1C(=O)NCCC(=O)Nc1ccccc1N1CCc2ccccc21. The van der Waals surface area contributed by atoms with Crippen molar-refractivity contribution in [3.63, 3.8) is 0 Å². The first-order chi connectivity index (χ1) is 14.6. The molecule has 2 N–H and O–H groups in total. The number of amides is 2. The fraction of sp³-hybridized carbons (Fsp3) is 0.200. The molecule has 0 saturated heterocycles. The van der Waals surface area contributed by atoms with Gasteiger partial charge in [-0.25, -0.2) is 0 Å². The number of rotatable bonds is 6. The second kappa shape index (κ2) is 8.82. The number of fused-ring (bicyclic) bond motifs is 1. The molecule has 2 amide bonds. The van der Waals surface area contributed by atoms with Crippen LogP contribution in [0.3, 0.4) is 0 Å². The van der Waals surface area contributed by atoms with Gasteiger partial charge < -0.3 is 15.5 Å². The summed E-state index contributed by atoms with van der Waals surface area (Å²) in [6.45, 7) is 3.07. The summed E-state index contributed by atoms with van der Waals surface area (Å²) < 4.78 is 0. The molecule has 5 heteroatoms. The summed E-state index contributed by atoms with van der Waals surface area (Å²) in [4.78, 5) is 27.1. The van der Waals surface area contributed by atoms with Gasteiger partial charge in [-0.1, -0.05) is 48.5 Å². The van der Waals surface area contributed by atoms with E-state index in [4.69, 9.17) is 0 Å². The lowest BCUT2D eigenvalue weighted by atomic mass is 10.1. The van der Waals surface area contributed by atoms with Crippen molar-refractivity contribution in [1.29, 1.82) is 0 Å². The van der Waals surface area contributed by atoms with E-state index in [9.17, 15) is 9.59 Å². The van der Waals surface area contributed by atoms with Crippen molar-refractivity contribution >= 4 is 28.9 Å². The van der Waals surface area contributed by atoms with Gasteiger partial charge in [0, 0.05) is 30.8 Å². The molecule has 1 heterocycles. The highest BCUT2D eigenvalue weighted by Crippen LogP contribution is 2.38. The van der Waals surface area contributed by atoms with E-state index >= 15 is 0 Å². The van der Waals surface area contributed by atoms with Crippen molar-refractivity contribution in [2.45, 2.75) is 19.8 Å². The fourth-order valence-electron chi connectivity index (χ4n) is 3.83. The molecule has 0 fully saturated rings. The molecule has 1 aliphatic rings. The summed E-state index contributed by atoms with van der Waals surface area (Å²) in [6.07, 6.45) is 1.20. The monoisotopic (exact) mass is 399 g/mol. The average Bonchev–Trinajstić information content (AvgIpc) is 3.18. The van der Waals surface area contributed by atoms with Crippen molar-refractivity contribution in [1.82, 2.24) is 5.32 Å². The molecule has 3 aromatic carbocycles. The predicted molar refractivity (Wildman–Crippen MR) is 120 cm³/mol. The van der Waals surface area contributed by atoms with Crippen molar-refractivity contribution in [2.24, 2.45) is 0 Å². The quantitative estimate of drug-likeness (QED) is 0.644. The number of nitrogens with zero attached hydrogens (tertiary/aromatic N) is 1. The summed E-state index contributed by atoms with van der Waals surface area (Å²) in [5, 5.41) is 5.84. The van der Waals surface area contributed by atoms with Crippen LogP contribution >= 0.6 is 0 Å². The van der Waals surface area contributed by atoms with Crippen LogP contribution in [0.2, 0.25) is 0 Å². The minimum Gasteiger partial charge on any atom is -0.352 e. The largest absolute Gasteiger partial charge is 0.352 e. The van der Waals surface area contributed by atoms with Gasteiger partial charge in [0.25, 0.3) is 5.91 Å². The third-order valence-corrected chi connectivity index (χ3v) is 5.38. The van der Waals surface area contributed by atoms with E-state index < -0.39 is 0 Å². The smallest absolute Gasteiger partial charge is 0.251 e. The van der Waals surface area contributed by atoms with Gasteiger partial charge in [-0.2, -0.15) is 0 Å². The third-order valence-electron chi connectivity index (χ3n) is 5.38. The van der Waals surface area contributed by atoms with Crippen LogP contribution in [-0.4, -0.2) is 24.9 Å². The summed E-state index contributed by atoms with van der Waals surface area (Å²) in [5.74, 6) is -0.282. The molecule has 152 valence electrons. The molecule has 0 bridgehead atoms. The number of benzene rings is 3. The van der Waals surface area contributed by atoms with Crippen molar-refractivity contribution < 1.29 is 9.59 Å². The Labute approximate surface area is 176 Å². The lowest BCUT2D eigenvalue weighted by Crippen LogP contribution is -2.28. The number of nitrogens with one attached hydrogen (secondary N) is 2. The standard InChI is InChI=1S/C25H25N3O2/c1-18-8-2-4-10-20(18)25(30)26-16-14-24(29)27-21-11-5-7-13-23(21)28-17-15-19-9-3-6-12-22(19)28/h2-13H,14-17H2,1H3,(H,26,30)(H,27,29). The van der Waals surface area contributed by atoms with Gasteiger partial charge in [0.1, 0.15) is 0 Å². The van der Waals surface area contributed by atoms with Crippen LogP contribution in [0.5, 0.6) is 0 Å². The topological polar surface area (TPSA) is 61.4 Å². The molecule has 0 spiro atoms. The van der Waals surface area contributed by atoms with Crippen LogP contribution in [0, 0.1) is 6.92 Å². The minimum atomic E-state index is -0.157. The molecule has 1 aliphatic heterocycles. The summed E-state index contributed by atoms with van der Waals surface area (Å²) in [6, 6.07) is 23.6. The first-order valence-electron chi connectivity index (χ1n) is 10.2. The lowest BCUT2D eigenvalue weighted by molar-refractivity contribution is -0.116. The maximum absolute atomic E-state index is 12.5.